The second kappa shape index (κ2) is 6.57. The molecule has 0 spiro atoms. The van der Waals surface area contributed by atoms with Gasteiger partial charge >= 0.3 is 0 Å². The number of carbonyl (C=O) groups is 1. The van der Waals surface area contributed by atoms with Crippen molar-refractivity contribution in [3.63, 3.8) is 0 Å². The molecular formula is C22H16N2O. The summed E-state index contributed by atoms with van der Waals surface area (Å²) in [4.78, 5) is 17.2. The molecule has 1 heterocycles. The van der Waals surface area contributed by atoms with Gasteiger partial charge in [0.2, 0.25) is 0 Å². The Kier molecular flexibility index (Phi) is 3.97. The van der Waals surface area contributed by atoms with Crippen LogP contribution in [-0.4, -0.2) is 10.9 Å². The molecule has 0 bridgehead atoms. The van der Waals surface area contributed by atoms with Crippen molar-refractivity contribution in [2.24, 2.45) is 0 Å². The molecule has 4 rings (SSSR count). The molecule has 0 aliphatic heterocycles. The standard InChI is InChI=1S/C22H16N2O/c25-22(24-18-14-17-10-4-7-13-21(17)23-15-18)20-12-6-5-11-19(20)16-8-2-1-3-9-16/h1-15H,(H,24,25). The molecule has 120 valence electrons. The maximum Gasteiger partial charge on any atom is 0.256 e. The number of para-hydroxylation sites is 1. The number of hydrogen-bond donors (Lipinski definition) is 1. The van der Waals surface area contributed by atoms with Gasteiger partial charge in [0.15, 0.2) is 0 Å². The van der Waals surface area contributed by atoms with Gasteiger partial charge in [-0.3, -0.25) is 9.78 Å². The highest BCUT2D eigenvalue weighted by Gasteiger charge is 2.12. The van der Waals surface area contributed by atoms with E-state index in [1.165, 1.54) is 0 Å². The van der Waals surface area contributed by atoms with E-state index in [0.717, 1.165) is 22.0 Å². The van der Waals surface area contributed by atoms with Crippen LogP contribution in [0.1, 0.15) is 10.4 Å². The van der Waals surface area contributed by atoms with Crippen LogP contribution in [0.5, 0.6) is 0 Å². The van der Waals surface area contributed by atoms with Crippen molar-refractivity contribution in [2.75, 3.05) is 5.32 Å². The number of aromatic nitrogens is 1. The van der Waals surface area contributed by atoms with Crippen molar-refractivity contribution in [2.45, 2.75) is 0 Å². The third-order valence-electron chi connectivity index (χ3n) is 4.10. The first-order valence-electron chi connectivity index (χ1n) is 8.12. The Hall–Kier alpha value is -3.46. The van der Waals surface area contributed by atoms with Gasteiger partial charge in [-0.1, -0.05) is 66.7 Å². The molecule has 0 fully saturated rings. The van der Waals surface area contributed by atoms with Gasteiger partial charge in [-0.2, -0.15) is 0 Å². The number of carbonyl (C=O) groups excluding carboxylic acids is 1. The van der Waals surface area contributed by atoms with Gasteiger partial charge in [-0.15, -0.1) is 0 Å². The zero-order chi connectivity index (χ0) is 17.1. The minimum Gasteiger partial charge on any atom is -0.321 e. The number of amides is 1. The fourth-order valence-electron chi connectivity index (χ4n) is 2.89. The lowest BCUT2D eigenvalue weighted by Gasteiger charge is -2.11. The van der Waals surface area contributed by atoms with Crippen molar-refractivity contribution in [3.05, 3.63) is 96.7 Å². The van der Waals surface area contributed by atoms with Gasteiger partial charge in [0.05, 0.1) is 17.4 Å². The first kappa shape index (κ1) is 15.1. The zero-order valence-electron chi connectivity index (χ0n) is 13.5. The van der Waals surface area contributed by atoms with Crippen LogP contribution in [0, 0.1) is 0 Å². The second-order valence-corrected chi connectivity index (χ2v) is 5.78. The van der Waals surface area contributed by atoms with E-state index in [-0.39, 0.29) is 5.91 Å². The van der Waals surface area contributed by atoms with Crippen LogP contribution in [0.15, 0.2) is 91.1 Å². The van der Waals surface area contributed by atoms with Gasteiger partial charge in [-0.05, 0) is 29.3 Å². The lowest BCUT2D eigenvalue weighted by molar-refractivity contribution is 0.102. The normalized spacial score (nSPS) is 10.6. The maximum atomic E-state index is 12.8. The van der Waals surface area contributed by atoms with Gasteiger partial charge in [0.1, 0.15) is 0 Å². The topological polar surface area (TPSA) is 42.0 Å². The molecule has 0 saturated carbocycles. The summed E-state index contributed by atoms with van der Waals surface area (Å²) in [6, 6.07) is 27.3. The van der Waals surface area contributed by atoms with E-state index in [0.29, 0.717) is 11.3 Å². The van der Waals surface area contributed by atoms with E-state index in [4.69, 9.17) is 0 Å². The molecule has 1 amide bonds. The summed E-state index contributed by atoms with van der Waals surface area (Å²) in [5, 5.41) is 3.96. The minimum absolute atomic E-state index is 0.142. The number of anilines is 1. The predicted octanol–water partition coefficient (Wildman–Crippen LogP) is 5.15. The lowest BCUT2D eigenvalue weighted by atomic mass is 9.99. The highest BCUT2D eigenvalue weighted by Crippen LogP contribution is 2.24. The first-order chi connectivity index (χ1) is 12.3. The average Bonchev–Trinajstić information content (AvgIpc) is 2.68. The second-order valence-electron chi connectivity index (χ2n) is 5.78. The SMILES string of the molecule is O=C(Nc1cnc2ccccc2c1)c1ccccc1-c1ccccc1. The molecule has 1 aromatic heterocycles. The third-order valence-corrected chi connectivity index (χ3v) is 4.10. The fraction of sp³-hybridized carbons (Fsp3) is 0. The van der Waals surface area contributed by atoms with Crippen molar-refractivity contribution in [1.82, 2.24) is 4.98 Å². The number of fused-ring (bicyclic) bond motifs is 1. The Morgan fingerprint density at radius 3 is 2.40 bits per heavy atom. The molecule has 0 aliphatic carbocycles. The summed E-state index contributed by atoms with van der Waals surface area (Å²) in [5.74, 6) is -0.142. The van der Waals surface area contributed by atoms with Crippen LogP contribution in [0.4, 0.5) is 5.69 Å². The summed E-state index contributed by atoms with van der Waals surface area (Å²) in [7, 11) is 0. The van der Waals surface area contributed by atoms with Crippen molar-refractivity contribution >= 4 is 22.5 Å². The summed E-state index contributed by atoms with van der Waals surface area (Å²) >= 11 is 0. The van der Waals surface area contributed by atoms with Crippen LogP contribution in [0.25, 0.3) is 22.0 Å². The van der Waals surface area contributed by atoms with Crippen molar-refractivity contribution in [3.8, 4) is 11.1 Å². The molecule has 3 aromatic carbocycles. The Morgan fingerprint density at radius 1 is 0.800 bits per heavy atom. The van der Waals surface area contributed by atoms with Crippen LogP contribution in [0.2, 0.25) is 0 Å². The van der Waals surface area contributed by atoms with Crippen molar-refractivity contribution in [1.29, 1.82) is 0 Å². The van der Waals surface area contributed by atoms with E-state index in [9.17, 15) is 4.79 Å². The smallest absolute Gasteiger partial charge is 0.256 e. The molecule has 0 aliphatic rings. The van der Waals surface area contributed by atoms with E-state index in [2.05, 4.69) is 10.3 Å². The van der Waals surface area contributed by atoms with Gasteiger partial charge in [-0.25, -0.2) is 0 Å². The molecule has 0 atom stereocenters. The van der Waals surface area contributed by atoms with Gasteiger partial charge in [0, 0.05) is 10.9 Å². The van der Waals surface area contributed by atoms with Gasteiger partial charge in [0.25, 0.3) is 5.91 Å². The number of hydrogen-bond acceptors (Lipinski definition) is 2. The van der Waals surface area contributed by atoms with Crippen molar-refractivity contribution < 1.29 is 4.79 Å². The number of nitrogens with one attached hydrogen (secondary N) is 1. The van der Waals surface area contributed by atoms with E-state index in [1.54, 1.807) is 6.20 Å². The Bertz CT molecular complexity index is 1040. The minimum atomic E-state index is -0.142. The molecule has 0 radical (unpaired) electrons. The van der Waals surface area contributed by atoms with E-state index in [1.807, 2.05) is 84.9 Å². The van der Waals surface area contributed by atoms with E-state index < -0.39 is 0 Å². The fourth-order valence-corrected chi connectivity index (χ4v) is 2.89. The van der Waals surface area contributed by atoms with Crippen LogP contribution < -0.4 is 5.32 Å². The average molecular weight is 324 g/mol. The van der Waals surface area contributed by atoms with Gasteiger partial charge < -0.3 is 5.32 Å². The number of rotatable bonds is 3. The molecule has 4 aromatic rings. The zero-order valence-corrected chi connectivity index (χ0v) is 13.5. The predicted molar refractivity (Wildman–Crippen MR) is 102 cm³/mol. The summed E-state index contributed by atoms with van der Waals surface area (Å²) in [5.41, 5.74) is 4.16. The summed E-state index contributed by atoms with van der Waals surface area (Å²) in [6.07, 6.45) is 1.69. The highest BCUT2D eigenvalue weighted by atomic mass is 16.1. The Morgan fingerprint density at radius 2 is 1.52 bits per heavy atom. The quantitative estimate of drug-likeness (QED) is 0.566. The maximum absolute atomic E-state index is 12.8. The van der Waals surface area contributed by atoms with Crippen LogP contribution in [-0.2, 0) is 0 Å². The number of pyridine rings is 1. The highest BCUT2D eigenvalue weighted by molar-refractivity contribution is 6.09. The molecular weight excluding hydrogens is 308 g/mol. The van der Waals surface area contributed by atoms with Crippen LogP contribution >= 0.6 is 0 Å². The number of nitrogens with zero attached hydrogens (tertiary/aromatic N) is 1. The summed E-state index contributed by atoms with van der Waals surface area (Å²) in [6.45, 7) is 0. The Labute approximate surface area is 146 Å². The summed E-state index contributed by atoms with van der Waals surface area (Å²) < 4.78 is 0. The largest absolute Gasteiger partial charge is 0.321 e. The third kappa shape index (κ3) is 3.12. The monoisotopic (exact) mass is 324 g/mol. The number of benzene rings is 3. The molecule has 1 N–H and O–H groups in total. The van der Waals surface area contributed by atoms with Crippen LogP contribution in [0.3, 0.4) is 0 Å². The molecule has 0 unspecified atom stereocenters. The molecule has 0 saturated heterocycles. The Balaban J connectivity index is 1.67. The molecule has 3 heteroatoms. The van der Waals surface area contributed by atoms with E-state index >= 15 is 0 Å². The first-order valence-corrected chi connectivity index (χ1v) is 8.12. The lowest BCUT2D eigenvalue weighted by Crippen LogP contribution is -2.13. The molecule has 3 nitrogen and oxygen atoms in total. The molecule has 25 heavy (non-hydrogen) atoms.